The Hall–Kier alpha value is -1.45. The van der Waals surface area contributed by atoms with Crippen LogP contribution in [-0.2, 0) is 19.1 Å². The summed E-state index contributed by atoms with van der Waals surface area (Å²) in [6.45, 7) is 10.3. The molecule has 0 aliphatic carbocycles. The third-order valence-corrected chi connectivity index (χ3v) is 8.63. The molecule has 2 amide bonds. The number of aliphatic carboxylic acids is 1. The lowest BCUT2D eigenvalue weighted by molar-refractivity contribution is -0.154. The summed E-state index contributed by atoms with van der Waals surface area (Å²) in [6.07, 6.45) is 4.87. The molecule has 3 aliphatic heterocycles. The van der Waals surface area contributed by atoms with Crippen LogP contribution < -0.4 is 0 Å². The van der Waals surface area contributed by atoms with Crippen molar-refractivity contribution < 1.29 is 29.3 Å². The summed E-state index contributed by atoms with van der Waals surface area (Å²) in [6, 6.07) is -1.57. The third kappa shape index (κ3) is 4.25. The fourth-order valence-corrected chi connectivity index (χ4v) is 6.92. The van der Waals surface area contributed by atoms with Gasteiger partial charge in [-0.1, -0.05) is 62.0 Å². The Morgan fingerprint density at radius 1 is 1.39 bits per heavy atom. The number of nitrogens with zero attached hydrogens (tertiary/aromatic N) is 2. The van der Waals surface area contributed by atoms with E-state index in [4.69, 9.17) is 4.74 Å². The van der Waals surface area contributed by atoms with Crippen LogP contribution in [0, 0.1) is 17.8 Å². The number of hydrogen-bond donors (Lipinski definition) is 2. The van der Waals surface area contributed by atoms with Crippen molar-refractivity contribution in [3.05, 3.63) is 12.7 Å². The van der Waals surface area contributed by atoms with Crippen molar-refractivity contribution in [1.82, 2.24) is 9.80 Å². The number of halogens is 1. The molecular weight excluding hydrogens is 492 g/mol. The third-order valence-electron chi connectivity index (χ3n) is 7.78. The van der Waals surface area contributed by atoms with Crippen LogP contribution in [-0.4, -0.2) is 86.1 Å². The van der Waals surface area contributed by atoms with Gasteiger partial charge in [-0.25, -0.2) is 0 Å². The molecule has 2 N–H and O–H groups in total. The predicted molar refractivity (Wildman–Crippen MR) is 127 cm³/mol. The number of amides is 2. The van der Waals surface area contributed by atoms with E-state index < -0.39 is 47.5 Å². The van der Waals surface area contributed by atoms with Gasteiger partial charge in [0.2, 0.25) is 11.8 Å². The molecular formula is C24H37BrN2O6. The maximum Gasteiger partial charge on any atom is 0.310 e. The van der Waals surface area contributed by atoms with Gasteiger partial charge < -0.3 is 24.7 Å². The van der Waals surface area contributed by atoms with E-state index in [1.54, 1.807) is 11.0 Å². The number of ether oxygens (including phenoxy) is 1. The average Bonchev–Trinajstić information content (AvgIpc) is 3.37. The Morgan fingerprint density at radius 3 is 2.64 bits per heavy atom. The van der Waals surface area contributed by atoms with Crippen molar-refractivity contribution in [2.24, 2.45) is 17.8 Å². The summed E-state index contributed by atoms with van der Waals surface area (Å²) < 4.78 is 6.32. The first kappa shape index (κ1) is 26.2. The lowest BCUT2D eigenvalue weighted by Crippen LogP contribution is -2.60. The second kappa shape index (κ2) is 10.4. The number of rotatable bonds is 12. The first-order valence-electron chi connectivity index (χ1n) is 12.1. The monoisotopic (exact) mass is 528 g/mol. The summed E-state index contributed by atoms with van der Waals surface area (Å²) in [5, 5.41) is 20.3. The van der Waals surface area contributed by atoms with Gasteiger partial charge in [0, 0.05) is 17.9 Å². The number of aliphatic hydroxyl groups is 1. The zero-order valence-electron chi connectivity index (χ0n) is 19.8. The lowest BCUT2D eigenvalue weighted by atomic mass is 9.70. The van der Waals surface area contributed by atoms with Crippen LogP contribution in [0.15, 0.2) is 12.7 Å². The van der Waals surface area contributed by atoms with Crippen molar-refractivity contribution in [2.45, 2.75) is 81.5 Å². The maximum atomic E-state index is 14.1. The summed E-state index contributed by atoms with van der Waals surface area (Å²) in [5.74, 6) is -3.78. The smallest absolute Gasteiger partial charge is 0.310 e. The molecule has 0 saturated carbocycles. The van der Waals surface area contributed by atoms with Crippen LogP contribution in [0.1, 0.15) is 52.9 Å². The molecule has 1 spiro atoms. The molecule has 33 heavy (non-hydrogen) atoms. The van der Waals surface area contributed by atoms with Gasteiger partial charge in [-0.2, -0.15) is 0 Å². The van der Waals surface area contributed by atoms with Gasteiger partial charge >= 0.3 is 5.97 Å². The van der Waals surface area contributed by atoms with Gasteiger partial charge in [0.15, 0.2) is 0 Å². The van der Waals surface area contributed by atoms with E-state index in [-0.39, 0.29) is 23.3 Å². The Morgan fingerprint density at radius 2 is 2.09 bits per heavy atom. The molecule has 0 aromatic carbocycles. The molecule has 9 heteroatoms. The Kier molecular flexibility index (Phi) is 8.28. The van der Waals surface area contributed by atoms with E-state index in [9.17, 15) is 24.6 Å². The standard InChI is InChI=1S/C24H37BrN2O6/c1-5-8-9-11-26(10-6-2)22(30)20-24-12-15(25)19(33-24)17(23(31)32)18(24)21(29)27(20)16(13-28)14(4)7-3/h6,14-20,28H,2,5,7-13H2,1,3-4H3,(H,31,32)/t14-,15?,16-,17-,18+,19-,20-,24+/m0/s1. The number of unbranched alkanes of at least 4 members (excludes halogenated alkanes) is 2. The van der Waals surface area contributed by atoms with Crippen LogP contribution in [0.3, 0.4) is 0 Å². The van der Waals surface area contributed by atoms with Crippen LogP contribution in [0.2, 0.25) is 0 Å². The molecule has 3 aliphatic rings. The van der Waals surface area contributed by atoms with Crippen molar-refractivity contribution in [3.63, 3.8) is 0 Å². The molecule has 3 rings (SSSR count). The Balaban J connectivity index is 2.09. The van der Waals surface area contributed by atoms with E-state index >= 15 is 0 Å². The molecule has 8 atom stereocenters. The molecule has 1 unspecified atom stereocenters. The van der Waals surface area contributed by atoms with Gasteiger partial charge in [0.05, 0.1) is 30.6 Å². The quantitative estimate of drug-likeness (QED) is 0.229. The number of hydrogen-bond acceptors (Lipinski definition) is 5. The van der Waals surface area contributed by atoms with Crippen LogP contribution >= 0.6 is 15.9 Å². The summed E-state index contributed by atoms with van der Waals surface area (Å²) in [5.41, 5.74) is -1.22. The molecule has 0 aromatic heterocycles. The van der Waals surface area contributed by atoms with E-state index in [0.29, 0.717) is 25.9 Å². The topological polar surface area (TPSA) is 107 Å². The van der Waals surface area contributed by atoms with Crippen LogP contribution in [0.4, 0.5) is 0 Å². The second-order valence-electron chi connectivity index (χ2n) is 9.66. The zero-order chi connectivity index (χ0) is 24.5. The first-order valence-corrected chi connectivity index (χ1v) is 13.0. The second-order valence-corrected chi connectivity index (χ2v) is 10.8. The van der Waals surface area contributed by atoms with Crippen molar-refractivity contribution in [3.8, 4) is 0 Å². The molecule has 186 valence electrons. The van der Waals surface area contributed by atoms with Crippen LogP contribution in [0.25, 0.3) is 0 Å². The van der Waals surface area contributed by atoms with E-state index in [1.165, 1.54) is 4.90 Å². The molecule has 3 heterocycles. The fraction of sp³-hybridized carbons (Fsp3) is 0.792. The van der Waals surface area contributed by atoms with Gasteiger partial charge in [0.1, 0.15) is 11.6 Å². The Bertz CT molecular complexity index is 778. The average molecular weight is 529 g/mol. The summed E-state index contributed by atoms with van der Waals surface area (Å²) in [4.78, 5) is 43.1. The summed E-state index contributed by atoms with van der Waals surface area (Å²) >= 11 is 3.56. The lowest BCUT2D eigenvalue weighted by Gasteiger charge is -2.41. The highest BCUT2D eigenvalue weighted by molar-refractivity contribution is 9.09. The van der Waals surface area contributed by atoms with E-state index in [0.717, 1.165) is 19.3 Å². The minimum Gasteiger partial charge on any atom is -0.481 e. The minimum absolute atomic E-state index is 0.0716. The van der Waals surface area contributed by atoms with Crippen molar-refractivity contribution in [2.75, 3.05) is 19.7 Å². The highest BCUT2D eigenvalue weighted by Crippen LogP contribution is 2.60. The number of carbonyl (C=O) groups is 3. The van der Waals surface area contributed by atoms with E-state index in [1.807, 2.05) is 13.8 Å². The van der Waals surface area contributed by atoms with Crippen LogP contribution in [0.5, 0.6) is 0 Å². The molecule has 0 radical (unpaired) electrons. The fourth-order valence-electron chi connectivity index (χ4n) is 5.97. The highest BCUT2D eigenvalue weighted by Gasteiger charge is 2.77. The SMILES string of the molecule is C=CCN(CCCCC)C(=O)[C@@H]1N([C@@H](CO)[C@@H](C)CC)C(=O)[C@H]2[C@H](C(=O)O)[C@H]3O[C@@]12CC3Br. The predicted octanol–water partition coefficient (Wildman–Crippen LogP) is 2.43. The number of carboxylic acids is 1. The number of fused-ring (bicyclic) bond motifs is 1. The van der Waals surface area contributed by atoms with Gasteiger partial charge in [-0.3, -0.25) is 14.4 Å². The maximum absolute atomic E-state index is 14.1. The van der Waals surface area contributed by atoms with Gasteiger partial charge in [-0.15, -0.1) is 6.58 Å². The molecule has 3 fully saturated rings. The highest BCUT2D eigenvalue weighted by atomic mass is 79.9. The Labute approximate surface area is 204 Å². The van der Waals surface area contributed by atoms with Gasteiger partial charge in [-0.05, 0) is 18.8 Å². The number of carboxylic acid groups (broad SMARTS) is 1. The number of carbonyl (C=O) groups excluding carboxylic acids is 2. The largest absolute Gasteiger partial charge is 0.481 e. The number of aliphatic hydroxyl groups excluding tert-OH is 1. The van der Waals surface area contributed by atoms with Crippen molar-refractivity contribution in [1.29, 1.82) is 0 Å². The zero-order valence-corrected chi connectivity index (χ0v) is 21.4. The molecule has 0 aromatic rings. The number of alkyl halides is 1. The summed E-state index contributed by atoms with van der Waals surface area (Å²) in [7, 11) is 0. The molecule has 3 saturated heterocycles. The minimum atomic E-state index is -1.22. The normalized spacial score (nSPS) is 34.3. The first-order chi connectivity index (χ1) is 15.7. The van der Waals surface area contributed by atoms with E-state index in [2.05, 4.69) is 29.4 Å². The number of likely N-dealkylation sites (tertiary alicyclic amines) is 1. The molecule has 8 nitrogen and oxygen atoms in total. The van der Waals surface area contributed by atoms with Gasteiger partial charge in [0.25, 0.3) is 0 Å². The van der Waals surface area contributed by atoms with Crippen molar-refractivity contribution >= 4 is 33.7 Å². The molecule has 2 bridgehead atoms.